The maximum atomic E-state index is 4.86. The van der Waals surface area contributed by atoms with Crippen molar-refractivity contribution in [1.29, 1.82) is 0 Å². The first-order chi connectivity index (χ1) is 9.74. The number of nitrogens with one attached hydrogen (secondary N) is 1. The van der Waals surface area contributed by atoms with Gasteiger partial charge in [-0.15, -0.1) is 0 Å². The van der Waals surface area contributed by atoms with Gasteiger partial charge in [0.05, 0.1) is 11.0 Å². The summed E-state index contributed by atoms with van der Waals surface area (Å²) >= 11 is 0. The van der Waals surface area contributed by atoms with Crippen molar-refractivity contribution >= 4 is 16.7 Å². The first kappa shape index (κ1) is 11.5. The maximum Gasteiger partial charge on any atom is 0.141 e. The fraction of sp³-hybridized carbons (Fsp3) is 0.235. The van der Waals surface area contributed by atoms with E-state index < -0.39 is 0 Å². The molecule has 0 amide bonds. The highest BCUT2D eigenvalue weighted by Gasteiger charge is 2.16. The van der Waals surface area contributed by atoms with E-state index in [4.69, 9.17) is 4.98 Å². The first-order valence-corrected chi connectivity index (χ1v) is 7.03. The Morgan fingerprint density at radius 1 is 1.20 bits per heavy atom. The van der Waals surface area contributed by atoms with Gasteiger partial charge in [-0.2, -0.15) is 0 Å². The van der Waals surface area contributed by atoms with Crippen LogP contribution in [0.25, 0.3) is 22.4 Å². The number of anilines is 1. The molecule has 1 aromatic heterocycles. The number of nitrogens with zero attached hydrogens (tertiary/aromatic N) is 2. The van der Waals surface area contributed by atoms with E-state index in [0.29, 0.717) is 0 Å². The first-order valence-electron chi connectivity index (χ1n) is 7.03. The van der Waals surface area contributed by atoms with Crippen molar-refractivity contribution in [3.63, 3.8) is 0 Å². The van der Waals surface area contributed by atoms with Crippen LogP contribution in [0, 0.1) is 6.92 Å². The summed E-state index contributed by atoms with van der Waals surface area (Å²) in [6.45, 7) is 3.17. The second kappa shape index (κ2) is 4.10. The summed E-state index contributed by atoms with van der Waals surface area (Å²) in [4.78, 5) is 4.86. The zero-order valence-electron chi connectivity index (χ0n) is 11.8. The fourth-order valence-corrected chi connectivity index (χ4v) is 3.05. The third-order valence-corrected chi connectivity index (χ3v) is 4.20. The van der Waals surface area contributed by atoms with E-state index in [9.17, 15) is 0 Å². The van der Waals surface area contributed by atoms with Gasteiger partial charge in [0.2, 0.25) is 0 Å². The second-order valence-electron chi connectivity index (χ2n) is 5.48. The molecule has 1 N–H and O–H groups in total. The molecule has 0 aliphatic carbocycles. The van der Waals surface area contributed by atoms with Crippen molar-refractivity contribution in [2.24, 2.45) is 7.05 Å². The minimum Gasteiger partial charge on any atom is -0.384 e. The normalized spacial score (nSPS) is 13.5. The van der Waals surface area contributed by atoms with Crippen LogP contribution in [-0.4, -0.2) is 16.1 Å². The van der Waals surface area contributed by atoms with Crippen LogP contribution in [0.5, 0.6) is 0 Å². The molecule has 0 saturated heterocycles. The van der Waals surface area contributed by atoms with Gasteiger partial charge in [0.1, 0.15) is 5.82 Å². The number of fused-ring (bicyclic) bond motifs is 2. The molecule has 2 heterocycles. The number of rotatable bonds is 1. The third kappa shape index (κ3) is 1.56. The molecule has 3 aromatic rings. The molecule has 0 unspecified atom stereocenters. The maximum absolute atomic E-state index is 4.86. The van der Waals surface area contributed by atoms with Gasteiger partial charge in [0.15, 0.2) is 0 Å². The molecule has 1 aliphatic rings. The van der Waals surface area contributed by atoms with Crippen molar-refractivity contribution < 1.29 is 0 Å². The van der Waals surface area contributed by atoms with Crippen molar-refractivity contribution in [2.45, 2.75) is 13.3 Å². The van der Waals surface area contributed by atoms with Crippen LogP contribution in [0.1, 0.15) is 11.1 Å². The average Bonchev–Trinajstić information content (AvgIpc) is 3.02. The molecule has 2 aromatic carbocycles. The molecule has 0 spiro atoms. The largest absolute Gasteiger partial charge is 0.384 e. The van der Waals surface area contributed by atoms with Gasteiger partial charge < -0.3 is 9.88 Å². The Kier molecular flexibility index (Phi) is 2.36. The molecule has 0 radical (unpaired) electrons. The van der Waals surface area contributed by atoms with Crippen LogP contribution in [0.4, 0.5) is 5.69 Å². The Morgan fingerprint density at radius 2 is 2.05 bits per heavy atom. The summed E-state index contributed by atoms with van der Waals surface area (Å²) in [6.07, 6.45) is 1.10. The predicted molar refractivity (Wildman–Crippen MR) is 83.1 cm³/mol. The third-order valence-electron chi connectivity index (χ3n) is 4.20. The Balaban J connectivity index is 1.98. The molecule has 0 atom stereocenters. The fourth-order valence-electron chi connectivity index (χ4n) is 3.05. The van der Waals surface area contributed by atoms with Crippen molar-refractivity contribution in [3.8, 4) is 11.4 Å². The Bertz CT molecular complexity index is 814. The number of imidazole rings is 1. The molecule has 1 aliphatic heterocycles. The zero-order chi connectivity index (χ0) is 13.7. The molecule has 100 valence electrons. The topological polar surface area (TPSA) is 29.9 Å². The van der Waals surface area contributed by atoms with E-state index in [0.717, 1.165) is 24.3 Å². The van der Waals surface area contributed by atoms with Crippen molar-refractivity contribution in [2.75, 3.05) is 11.9 Å². The second-order valence-corrected chi connectivity index (χ2v) is 5.48. The summed E-state index contributed by atoms with van der Waals surface area (Å²) in [5.41, 5.74) is 7.39. The predicted octanol–water partition coefficient (Wildman–Crippen LogP) is 3.52. The number of hydrogen-bond donors (Lipinski definition) is 1. The number of benzene rings is 2. The van der Waals surface area contributed by atoms with Crippen LogP contribution in [0.3, 0.4) is 0 Å². The van der Waals surface area contributed by atoms with Gasteiger partial charge in [0.25, 0.3) is 0 Å². The molecule has 0 fully saturated rings. The highest BCUT2D eigenvalue weighted by molar-refractivity contribution is 5.86. The molecule has 0 saturated carbocycles. The van der Waals surface area contributed by atoms with E-state index in [1.807, 2.05) is 0 Å². The molecule has 3 nitrogen and oxygen atoms in total. The van der Waals surface area contributed by atoms with E-state index in [1.165, 1.54) is 27.9 Å². The lowest BCUT2D eigenvalue weighted by Crippen LogP contribution is -1.95. The minimum atomic E-state index is 1.04. The number of aryl methyl sites for hydroxylation is 2. The van der Waals surface area contributed by atoms with Gasteiger partial charge in [-0.25, -0.2) is 4.98 Å². The van der Waals surface area contributed by atoms with E-state index in [2.05, 4.69) is 60.3 Å². The smallest absolute Gasteiger partial charge is 0.141 e. The standard InChI is InChI=1S/C17H17N3/c1-11-5-3-4-6-13(11)17-19-15-9-12-7-8-18-14(12)10-16(15)20(17)2/h3-6,9-10,18H,7-8H2,1-2H3. The van der Waals surface area contributed by atoms with Crippen LogP contribution < -0.4 is 5.32 Å². The molecule has 0 bridgehead atoms. The lowest BCUT2D eigenvalue weighted by atomic mass is 10.1. The van der Waals surface area contributed by atoms with Crippen LogP contribution in [0.2, 0.25) is 0 Å². The Hall–Kier alpha value is -2.29. The summed E-state index contributed by atoms with van der Waals surface area (Å²) in [6, 6.07) is 12.9. The summed E-state index contributed by atoms with van der Waals surface area (Å²) in [5, 5.41) is 3.44. The zero-order valence-corrected chi connectivity index (χ0v) is 11.8. The van der Waals surface area contributed by atoms with Crippen LogP contribution in [0.15, 0.2) is 36.4 Å². The SMILES string of the molecule is Cc1ccccc1-c1nc2cc3c(cc2n1C)NCC3. The monoisotopic (exact) mass is 263 g/mol. The van der Waals surface area contributed by atoms with E-state index >= 15 is 0 Å². The quantitative estimate of drug-likeness (QED) is 0.728. The highest BCUT2D eigenvalue weighted by Crippen LogP contribution is 2.31. The summed E-state index contributed by atoms with van der Waals surface area (Å²) in [5.74, 6) is 1.04. The molecule has 3 heteroatoms. The van der Waals surface area contributed by atoms with Gasteiger partial charge in [-0.1, -0.05) is 24.3 Å². The average molecular weight is 263 g/mol. The number of aromatic nitrogens is 2. The summed E-state index contributed by atoms with van der Waals surface area (Å²) < 4.78 is 2.19. The molecule has 4 rings (SSSR count). The molecular formula is C17H17N3. The molecular weight excluding hydrogens is 246 g/mol. The van der Waals surface area contributed by atoms with Crippen LogP contribution in [-0.2, 0) is 13.5 Å². The van der Waals surface area contributed by atoms with Crippen molar-refractivity contribution in [3.05, 3.63) is 47.5 Å². The molecule has 20 heavy (non-hydrogen) atoms. The van der Waals surface area contributed by atoms with Gasteiger partial charge in [-0.05, 0) is 36.6 Å². The van der Waals surface area contributed by atoms with Crippen molar-refractivity contribution in [1.82, 2.24) is 9.55 Å². The lowest BCUT2D eigenvalue weighted by molar-refractivity contribution is 0.957. The Labute approximate surface area is 118 Å². The number of hydrogen-bond acceptors (Lipinski definition) is 2. The highest BCUT2D eigenvalue weighted by atomic mass is 15.1. The Morgan fingerprint density at radius 3 is 2.90 bits per heavy atom. The van der Waals surface area contributed by atoms with Crippen LogP contribution >= 0.6 is 0 Å². The van der Waals surface area contributed by atoms with E-state index in [1.54, 1.807) is 0 Å². The van der Waals surface area contributed by atoms with Gasteiger partial charge in [-0.3, -0.25) is 0 Å². The van der Waals surface area contributed by atoms with Gasteiger partial charge in [0, 0.05) is 24.8 Å². The van der Waals surface area contributed by atoms with Gasteiger partial charge >= 0.3 is 0 Å². The van der Waals surface area contributed by atoms with E-state index in [-0.39, 0.29) is 0 Å². The summed E-state index contributed by atoms with van der Waals surface area (Å²) in [7, 11) is 2.10. The minimum absolute atomic E-state index is 1.04. The lowest BCUT2D eigenvalue weighted by Gasteiger charge is -2.06.